The van der Waals surface area contributed by atoms with E-state index in [-0.39, 0.29) is 5.91 Å². The van der Waals surface area contributed by atoms with Gasteiger partial charge in [0.1, 0.15) is 6.61 Å². The number of carbonyl (C=O) groups excluding carboxylic acids is 1. The number of amides is 1. The fourth-order valence-corrected chi connectivity index (χ4v) is 2.77. The molecule has 122 valence electrons. The minimum atomic E-state index is -0.109. The van der Waals surface area contributed by atoms with E-state index in [1.165, 1.54) is 0 Å². The zero-order chi connectivity index (χ0) is 16.2. The van der Waals surface area contributed by atoms with Gasteiger partial charge < -0.3 is 18.8 Å². The van der Waals surface area contributed by atoms with Gasteiger partial charge in [-0.05, 0) is 33.6 Å². The number of ether oxygens (including phenoxy) is 2. The lowest BCUT2D eigenvalue weighted by Crippen LogP contribution is -2.36. The summed E-state index contributed by atoms with van der Waals surface area (Å²) in [6.45, 7) is 2.14. The Kier molecular flexibility index (Phi) is 4.97. The van der Waals surface area contributed by atoms with E-state index in [0.717, 1.165) is 11.3 Å². The number of nitrogens with zero attached hydrogens (tertiary/aromatic N) is 2. The normalized spacial score (nSPS) is 13.7. The van der Waals surface area contributed by atoms with Crippen LogP contribution in [-0.2, 0) is 17.7 Å². The van der Waals surface area contributed by atoms with Gasteiger partial charge in [-0.25, -0.2) is 4.98 Å². The first-order valence-corrected chi connectivity index (χ1v) is 8.12. The van der Waals surface area contributed by atoms with Crippen molar-refractivity contribution in [2.45, 2.75) is 13.0 Å². The molecule has 1 amide bonds. The summed E-state index contributed by atoms with van der Waals surface area (Å²) in [5.41, 5.74) is 2.01. The average molecular weight is 381 g/mol. The maximum atomic E-state index is 12.4. The smallest absolute Gasteiger partial charge is 0.289 e. The Balaban J connectivity index is 1.67. The standard InChI is InChI=1S/C16H17BrN2O4/c1-21-8-9-22-15-5-2-11-10-19(7-6-12(11)18-15)16(20)13-3-4-14(17)23-13/h2-5H,6-10H2,1H3. The first kappa shape index (κ1) is 16.0. The van der Waals surface area contributed by atoms with Gasteiger partial charge in [0.05, 0.1) is 12.3 Å². The van der Waals surface area contributed by atoms with Crippen LogP contribution in [0.1, 0.15) is 21.8 Å². The molecule has 0 aromatic carbocycles. The van der Waals surface area contributed by atoms with Crippen molar-refractivity contribution in [2.75, 3.05) is 26.9 Å². The number of rotatable bonds is 5. The third-order valence-electron chi connectivity index (χ3n) is 3.63. The molecule has 0 unspecified atom stereocenters. The zero-order valence-corrected chi connectivity index (χ0v) is 14.3. The molecule has 23 heavy (non-hydrogen) atoms. The molecule has 3 rings (SSSR count). The summed E-state index contributed by atoms with van der Waals surface area (Å²) in [4.78, 5) is 18.7. The SMILES string of the molecule is COCCOc1ccc2c(n1)CCN(C(=O)c1ccc(Br)o1)C2. The van der Waals surface area contributed by atoms with E-state index in [0.29, 0.717) is 49.0 Å². The van der Waals surface area contributed by atoms with Crippen LogP contribution in [-0.4, -0.2) is 42.7 Å². The summed E-state index contributed by atoms with van der Waals surface area (Å²) in [5.74, 6) is 0.824. The van der Waals surface area contributed by atoms with Gasteiger partial charge in [0.2, 0.25) is 5.88 Å². The van der Waals surface area contributed by atoms with Crippen LogP contribution < -0.4 is 4.74 Å². The van der Waals surface area contributed by atoms with E-state index in [1.54, 1.807) is 24.1 Å². The number of halogens is 1. The molecule has 2 aromatic rings. The molecule has 1 aliphatic heterocycles. The van der Waals surface area contributed by atoms with Gasteiger partial charge >= 0.3 is 0 Å². The number of carbonyl (C=O) groups is 1. The second-order valence-corrected chi connectivity index (χ2v) is 5.96. The highest BCUT2D eigenvalue weighted by molar-refractivity contribution is 9.10. The summed E-state index contributed by atoms with van der Waals surface area (Å²) in [6.07, 6.45) is 0.699. The highest BCUT2D eigenvalue weighted by atomic mass is 79.9. The summed E-state index contributed by atoms with van der Waals surface area (Å²) in [6, 6.07) is 7.18. The minimum Gasteiger partial charge on any atom is -0.475 e. The fourth-order valence-electron chi connectivity index (χ4n) is 2.46. The van der Waals surface area contributed by atoms with Crippen LogP contribution in [0.5, 0.6) is 5.88 Å². The van der Waals surface area contributed by atoms with E-state index < -0.39 is 0 Å². The molecule has 0 N–H and O–H groups in total. The molecule has 2 aromatic heterocycles. The van der Waals surface area contributed by atoms with Crippen LogP contribution in [0.4, 0.5) is 0 Å². The Labute approximate surface area is 142 Å². The molecule has 0 spiro atoms. The number of hydrogen-bond acceptors (Lipinski definition) is 5. The fraction of sp³-hybridized carbons (Fsp3) is 0.375. The van der Waals surface area contributed by atoms with Crippen molar-refractivity contribution in [3.63, 3.8) is 0 Å². The molecule has 0 bridgehead atoms. The van der Waals surface area contributed by atoms with Crippen molar-refractivity contribution in [1.29, 1.82) is 0 Å². The molecule has 3 heterocycles. The molecule has 0 saturated carbocycles. The minimum absolute atomic E-state index is 0.109. The lowest BCUT2D eigenvalue weighted by atomic mass is 10.1. The number of aromatic nitrogens is 1. The summed E-state index contributed by atoms with van der Waals surface area (Å²) < 4.78 is 16.4. The molecule has 0 fully saturated rings. The lowest BCUT2D eigenvalue weighted by molar-refractivity contribution is 0.0699. The van der Waals surface area contributed by atoms with Gasteiger partial charge in [-0.15, -0.1) is 0 Å². The maximum absolute atomic E-state index is 12.4. The lowest BCUT2D eigenvalue weighted by Gasteiger charge is -2.27. The molecule has 0 saturated heterocycles. The van der Waals surface area contributed by atoms with Crippen LogP contribution in [0.2, 0.25) is 0 Å². The number of pyridine rings is 1. The molecule has 0 atom stereocenters. The Morgan fingerprint density at radius 3 is 2.96 bits per heavy atom. The molecule has 0 radical (unpaired) electrons. The van der Waals surface area contributed by atoms with Crippen molar-refractivity contribution in [3.8, 4) is 5.88 Å². The monoisotopic (exact) mass is 380 g/mol. The van der Waals surface area contributed by atoms with Gasteiger partial charge in [-0.1, -0.05) is 6.07 Å². The van der Waals surface area contributed by atoms with Crippen molar-refractivity contribution in [1.82, 2.24) is 9.88 Å². The summed E-state index contributed by atoms with van der Waals surface area (Å²) >= 11 is 3.21. The number of furan rings is 1. The Morgan fingerprint density at radius 1 is 1.35 bits per heavy atom. The highest BCUT2D eigenvalue weighted by Gasteiger charge is 2.24. The van der Waals surface area contributed by atoms with E-state index in [9.17, 15) is 4.79 Å². The molecule has 6 nitrogen and oxygen atoms in total. The average Bonchev–Trinajstić information content (AvgIpc) is 3.00. The van der Waals surface area contributed by atoms with Crippen LogP contribution in [0, 0.1) is 0 Å². The van der Waals surface area contributed by atoms with Gasteiger partial charge in [0, 0.05) is 32.7 Å². The Bertz CT molecular complexity index is 701. The van der Waals surface area contributed by atoms with Gasteiger partial charge in [0.15, 0.2) is 10.4 Å². The van der Waals surface area contributed by atoms with Gasteiger partial charge in [-0.3, -0.25) is 4.79 Å². The van der Waals surface area contributed by atoms with Crippen LogP contribution >= 0.6 is 15.9 Å². The van der Waals surface area contributed by atoms with E-state index >= 15 is 0 Å². The van der Waals surface area contributed by atoms with Crippen molar-refractivity contribution >= 4 is 21.8 Å². The maximum Gasteiger partial charge on any atom is 0.289 e. The topological polar surface area (TPSA) is 64.8 Å². The molecule has 0 aliphatic carbocycles. The third kappa shape index (κ3) is 3.73. The quantitative estimate of drug-likeness (QED) is 0.746. The predicted molar refractivity (Wildman–Crippen MR) is 86.5 cm³/mol. The van der Waals surface area contributed by atoms with Crippen molar-refractivity contribution in [3.05, 3.63) is 46.0 Å². The number of methoxy groups -OCH3 is 1. The predicted octanol–water partition coefficient (Wildman–Crippen LogP) is 2.66. The second kappa shape index (κ2) is 7.14. The molecule has 1 aliphatic rings. The Morgan fingerprint density at radius 2 is 2.22 bits per heavy atom. The van der Waals surface area contributed by atoms with Crippen molar-refractivity contribution in [2.24, 2.45) is 0 Å². The van der Waals surface area contributed by atoms with Crippen LogP contribution in [0.25, 0.3) is 0 Å². The first-order chi connectivity index (χ1) is 11.2. The summed E-state index contributed by atoms with van der Waals surface area (Å²) in [7, 11) is 1.63. The third-order valence-corrected chi connectivity index (χ3v) is 4.06. The van der Waals surface area contributed by atoms with Crippen LogP contribution in [0.15, 0.2) is 33.4 Å². The largest absolute Gasteiger partial charge is 0.475 e. The van der Waals surface area contributed by atoms with Gasteiger partial charge in [-0.2, -0.15) is 0 Å². The number of fused-ring (bicyclic) bond motifs is 1. The molecular weight excluding hydrogens is 364 g/mol. The highest BCUT2D eigenvalue weighted by Crippen LogP contribution is 2.23. The van der Waals surface area contributed by atoms with E-state index in [2.05, 4.69) is 20.9 Å². The second-order valence-electron chi connectivity index (χ2n) is 5.18. The summed E-state index contributed by atoms with van der Waals surface area (Å²) in [5, 5.41) is 0. The zero-order valence-electron chi connectivity index (χ0n) is 12.8. The first-order valence-electron chi connectivity index (χ1n) is 7.32. The van der Waals surface area contributed by atoms with Gasteiger partial charge in [0.25, 0.3) is 5.91 Å². The van der Waals surface area contributed by atoms with E-state index in [1.807, 2.05) is 12.1 Å². The Hall–Kier alpha value is -1.86. The molecular formula is C16H17BrN2O4. The van der Waals surface area contributed by atoms with E-state index in [4.69, 9.17) is 13.9 Å². The van der Waals surface area contributed by atoms with Crippen molar-refractivity contribution < 1.29 is 18.7 Å². The molecule has 7 heteroatoms. The van der Waals surface area contributed by atoms with Crippen LogP contribution in [0.3, 0.4) is 0 Å². The number of hydrogen-bond donors (Lipinski definition) is 0.